The van der Waals surface area contributed by atoms with E-state index in [1.165, 1.54) is 51.6 Å². The number of rotatable bonds is 4. The average Bonchev–Trinajstić information content (AvgIpc) is 3.15. The summed E-state index contributed by atoms with van der Waals surface area (Å²) < 4.78 is 0. The highest BCUT2D eigenvalue weighted by Gasteiger charge is 2.28. The van der Waals surface area contributed by atoms with Gasteiger partial charge in [-0.05, 0) is 51.6 Å². The van der Waals surface area contributed by atoms with Crippen LogP contribution < -0.4 is 5.32 Å². The van der Waals surface area contributed by atoms with Crippen LogP contribution in [0.5, 0.6) is 0 Å². The van der Waals surface area contributed by atoms with Gasteiger partial charge in [0, 0.05) is 44.8 Å². The van der Waals surface area contributed by atoms with Crippen LogP contribution in [0.2, 0.25) is 0 Å². The second-order valence-corrected chi connectivity index (χ2v) is 8.21. The number of urea groups is 1. The summed E-state index contributed by atoms with van der Waals surface area (Å²) in [6.07, 6.45) is 8.08. The number of amides is 2. The van der Waals surface area contributed by atoms with Gasteiger partial charge in [0.1, 0.15) is 0 Å². The molecule has 2 aliphatic heterocycles. The van der Waals surface area contributed by atoms with Gasteiger partial charge in [-0.25, -0.2) is 4.79 Å². The monoisotopic (exact) mass is 336 g/mol. The van der Waals surface area contributed by atoms with Gasteiger partial charge in [-0.1, -0.05) is 19.8 Å². The van der Waals surface area contributed by atoms with Gasteiger partial charge in [-0.3, -0.25) is 9.80 Å². The lowest BCUT2D eigenvalue weighted by atomic mass is 9.98. The molecule has 2 amide bonds. The molecular formula is C19H36N4O. The van der Waals surface area contributed by atoms with Crippen molar-refractivity contribution in [3.8, 4) is 0 Å². The van der Waals surface area contributed by atoms with Crippen LogP contribution in [-0.2, 0) is 0 Å². The van der Waals surface area contributed by atoms with Crippen molar-refractivity contribution in [1.82, 2.24) is 20.0 Å². The average molecular weight is 337 g/mol. The molecule has 0 bridgehead atoms. The topological polar surface area (TPSA) is 38.8 Å². The van der Waals surface area contributed by atoms with Crippen molar-refractivity contribution in [2.45, 2.75) is 64.5 Å². The second-order valence-electron chi connectivity index (χ2n) is 8.21. The molecule has 5 nitrogen and oxygen atoms in total. The maximum Gasteiger partial charge on any atom is 0.317 e. The van der Waals surface area contributed by atoms with E-state index in [1.807, 2.05) is 4.90 Å². The van der Waals surface area contributed by atoms with Crippen molar-refractivity contribution >= 4 is 6.03 Å². The number of hydrogen-bond donors (Lipinski definition) is 1. The molecule has 1 N–H and O–H groups in total. The van der Waals surface area contributed by atoms with E-state index in [0.717, 1.165) is 44.7 Å². The van der Waals surface area contributed by atoms with Gasteiger partial charge in [0.2, 0.25) is 0 Å². The number of nitrogens with one attached hydrogen (secondary N) is 1. The zero-order chi connectivity index (χ0) is 16.9. The number of hydrogen-bond acceptors (Lipinski definition) is 3. The predicted octanol–water partition coefficient (Wildman–Crippen LogP) is 2.38. The Balaban J connectivity index is 1.35. The quantitative estimate of drug-likeness (QED) is 0.857. The summed E-state index contributed by atoms with van der Waals surface area (Å²) in [5, 5.41) is 3.17. The number of carbonyl (C=O) groups excluding carboxylic acids is 1. The van der Waals surface area contributed by atoms with Gasteiger partial charge >= 0.3 is 6.03 Å². The standard InChI is InChI=1S/C19H36N4O/c1-16-7-9-21(10-8-16)17(2)15-20-19(24)23-13-11-22(12-14-23)18-5-3-4-6-18/h16-18H,3-15H2,1-2H3,(H,20,24). The van der Waals surface area contributed by atoms with Crippen molar-refractivity contribution in [1.29, 1.82) is 0 Å². The Morgan fingerprint density at radius 1 is 1.00 bits per heavy atom. The minimum absolute atomic E-state index is 0.137. The van der Waals surface area contributed by atoms with Gasteiger partial charge < -0.3 is 10.2 Å². The summed E-state index contributed by atoms with van der Waals surface area (Å²) >= 11 is 0. The summed E-state index contributed by atoms with van der Waals surface area (Å²) in [5.41, 5.74) is 0. The minimum atomic E-state index is 0.137. The smallest absolute Gasteiger partial charge is 0.317 e. The third-order valence-electron chi connectivity index (χ3n) is 6.43. The van der Waals surface area contributed by atoms with Gasteiger partial charge in [-0.15, -0.1) is 0 Å². The van der Waals surface area contributed by atoms with E-state index in [0.29, 0.717) is 6.04 Å². The Hall–Kier alpha value is -0.810. The molecule has 2 heterocycles. The van der Waals surface area contributed by atoms with Gasteiger partial charge in [0.15, 0.2) is 0 Å². The molecule has 3 fully saturated rings. The van der Waals surface area contributed by atoms with E-state index in [9.17, 15) is 4.79 Å². The third kappa shape index (κ3) is 4.63. The molecule has 0 aromatic carbocycles. The summed E-state index contributed by atoms with van der Waals surface area (Å²) in [6, 6.07) is 1.37. The first-order chi connectivity index (χ1) is 11.6. The molecule has 24 heavy (non-hydrogen) atoms. The number of likely N-dealkylation sites (tertiary alicyclic amines) is 1. The van der Waals surface area contributed by atoms with Crippen LogP contribution in [0, 0.1) is 5.92 Å². The SMILES string of the molecule is CC1CCN(C(C)CNC(=O)N2CCN(C3CCCC3)CC2)CC1. The number of piperazine rings is 1. The van der Waals surface area contributed by atoms with Crippen molar-refractivity contribution in [2.24, 2.45) is 5.92 Å². The van der Waals surface area contributed by atoms with E-state index in [4.69, 9.17) is 0 Å². The predicted molar refractivity (Wildman–Crippen MR) is 98.2 cm³/mol. The maximum atomic E-state index is 12.4. The van der Waals surface area contributed by atoms with E-state index >= 15 is 0 Å². The minimum Gasteiger partial charge on any atom is -0.336 e. The Morgan fingerprint density at radius 3 is 2.25 bits per heavy atom. The molecule has 0 spiro atoms. The van der Waals surface area contributed by atoms with Crippen LogP contribution >= 0.6 is 0 Å². The Morgan fingerprint density at radius 2 is 1.62 bits per heavy atom. The molecule has 5 heteroatoms. The number of nitrogens with zero attached hydrogens (tertiary/aromatic N) is 3. The van der Waals surface area contributed by atoms with E-state index < -0.39 is 0 Å². The van der Waals surface area contributed by atoms with Crippen molar-refractivity contribution in [3.05, 3.63) is 0 Å². The van der Waals surface area contributed by atoms with Crippen LogP contribution in [0.25, 0.3) is 0 Å². The number of carbonyl (C=O) groups is 1. The van der Waals surface area contributed by atoms with Crippen molar-refractivity contribution < 1.29 is 4.79 Å². The molecule has 138 valence electrons. The fraction of sp³-hybridized carbons (Fsp3) is 0.947. The first kappa shape index (κ1) is 18.0. The normalized spacial score (nSPS) is 26.7. The first-order valence-electron chi connectivity index (χ1n) is 10.1. The van der Waals surface area contributed by atoms with Crippen molar-refractivity contribution in [3.63, 3.8) is 0 Å². The summed E-state index contributed by atoms with van der Waals surface area (Å²) in [6.45, 7) is 11.6. The van der Waals surface area contributed by atoms with E-state index in [1.54, 1.807) is 0 Å². The summed E-state index contributed by atoms with van der Waals surface area (Å²) in [7, 11) is 0. The van der Waals surface area contributed by atoms with Crippen molar-refractivity contribution in [2.75, 3.05) is 45.8 Å². The molecule has 3 aliphatic rings. The highest BCUT2D eigenvalue weighted by atomic mass is 16.2. The molecule has 0 aromatic heterocycles. The van der Waals surface area contributed by atoms with Crippen LogP contribution in [0.4, 0.5) is 4.79 Å². The first-order valence-corrected chi connectivity index (χ1v) is 10.1. The third-order valence-corrected chi connectivity index (χ3v) is 6.43. The number of piperidine rings is 1. The lowest BCUT2D eigenvalue weighted by molar-refractivity contribution is 0.106. The molecule has 1 saturated carbocycles. The van der Waals surface area contributed by atoms with Crippen LogP contribution in [0.1, 0.15) is 52.4 Å². The molecule has 2 saturated heterocycles. The Labute approximate surface area is 147 Å². The zero-order valence-electron chi connectivity index (χ0n) is 15.7. The molecule has 1 unspecified atom stereocenters. The van der Waals surface area contributed by atoms with Crippen LogP contribution in [0.15, 0.2) is 0 Å². The second kappa shape index (κ2) is 8.52. The van der Waals surface area contributed by atoms with Gasteiger partial charge in [0.05, 0.1) is 0 Å². The maximum absolute atomic E-state index is 12.4. The molecular weight excluding hydrogens is 300 g/mol. The Bertz CT molecular complexity index is 394. The molecule has 0 radical (unpaired) electrons. The van der Waals surface area contributed by atoms with E-state index in [-0.39, 0.29) is 6.03 Å². The lowest BCUT2D eigenvalue weighted by Gasteiger charge is -2.38. The summed E-state index contributed by atoms with van der Waals surface area (Å²) in [4.78, 5) is 19.6. The molecule has 1 atom stereocenters. The highest BCUT2D eigenvalue weighted by molar-refractivity contribution is 5.74. The fourth-order valence-electron chi connectivity index (χ4n) is 4.50. The lowest BCUT2D eigenvalue weighted by Crippen LogP contribution is -2.55. The zero-order valence-corrected chi connectivity index (χ0v) is 15.7. The van der Waals surface area contributed by atoms with Gasteiger partial charge in [0.25, 0.3) is 0 Å². The molecule has 3 rings (SSSR count). The van der Waals surface area contributed by atoms with Crippen LogP contribution in [-0.4, -0.2) is 78.6 Å². The molecule has 0 aromatic rings. The fourth-order valence-corrected chi connectivity index (χ4v) is 4.50. The van der Waals surface area contributed by atoms with Gasteiger partial charge in [-0.2, -0.15) is 0 Å². The van der Waals surface area contributed by atoms with Crippen LogP contribution in [0.3, 0.4) is 0 Å². The summed E-state index contributed by atoms with van der Waals surface area (Å²) in [5.74, 6) is 0.860. The molecule has 1 aliphatic carbocycles. The highest BCUT2D eigenvalue weighted by Crippen LogP contribution is 2.24. The largest absolute Gasteiger partial charge is 0.336 e. The Kier molecular flexibility index (Phi) is 6.39. The van der Waals surface area contributed by atoms with E-state index in [2.05, 4.69) is 29.0 Å².